The Morgan fingerprint density at radius 1 is 1.43 bits per heavy atom. The number of fused-ring (bicyclic) bond motifs is 1. The van der Waals surface area contributed by atoms with E-state index in [1.54, 1.807) is 0 Å². The van der Waals surface area contributed by atoms with Gasteiger partial charge in [-0.2, -0.15) is 0 Å². The maximum Gasteiger partial charge on any atom is 0.307 e. The second-order valence-corrected chi connectivity index (χ2v) is 5.18. The molecule has 1 unspecified atom stereocenters. The molecule has 0 saturated heterocycles. The number of likely N-dealkylation sites (N-methyl/N-ethyl adjacent to an activating group) is 1. The van der Waals surface area contributed by atoms with Gasteiger partial charge in [-0.05, 0) is 37.1 Å². The van der Waals surface area contributed by atoms with E-state index in [0.29, 0.717) is 19.4 Å². The first kappa shape index (κ1) is 15.5. The second kappa shape index (κ2) is 7.22. The Morgan fingerprint density at radius 2 is 2.24 bits per heavy atom. The van der Waals surface area contributed by atoms with Crippen molar-refractivity contribution >= 4 is 17.6 Å². The molecule has 1 amide bonds. The van der Waals surface area contributed by atoms with Crippen molar-refractivity contribution in [2.24, 2.45) is 0 Å². The third-order valence-corrected chi connectivity index (χ3v) is 3.49. The zero-order valence-electron chi connectivity index (χ0n) is 12.6. The Hall–Kier alpha value is -1.88. The van der Waals surface area contributed by atoms with Crippen LogP contribution in [-0.4, -0.2) is 31.1 Å². The zero-order valence-corrected chi connectivity index (χ0v) is 12.6. The number of carbonyl (C=O) groups is 2. The molecule has 114 valence electrons. The topological polar surface area (TPSA) is 67.4 Å². The number of rotatable bonds is 7. The van der Waals surface area contributed by atoms with E-state index in [1.807, 2.05) is 32.0 Å². The fraction of sp³-hybridized carbons (Fsp3) is 0.500. The average Bonchev–Trinajstić information content (AvgIpc) is 2.78. The first-order valence-corrected chi connectivity index (χ1v) is 7.43. The first-order chi connectivity index (χ1) is 10.1. The highest BCUT2D eigenvalue weighted by atomic mass is 16.5. The summed E-state index contributed by atoms with van der Waals surface area (Å²) in [7, 11) is 0. The van der Waals surface area contributed by atoms with Crippen molar-refractivity contribution in [3.8, 4) is 0 Å². The third-order valence-electron chi connectivity index (χ3n) is 3.49. The third kappa shape index (κ3) is 4.29. The summed E-state index contributed by atoms with van der Waals surface area (Å²) < 4.78 is 5.01. The van der Waals surface area contributed by atoms with Crippen LogP contribution in [0, 0.1) is 0 Å². The SMILES string of the molecule is CCNC(CC(=O)OCC)Cc1ccc2c(c1)CC(=O)N2. The smallest absolute Gasteiger partial charge is 0.307 e. The number of nitrogens with one attached hydrogen (secondary N) is 2. The molecule has 0 aromatic heterocycles. The Bertz CT molecular complexity index is 528. The second-order valence-electron chi connectivity index (χ2n) is 5.18. The van der Waals surface area contributed by atoms with Crippen molar-refractivity contribution in [2.45, 2.75) is 39.2 Å². The average molecular weight is 290 g/mol. The van der Waals surface area contributed by atoms with Gasteiger partial charge in [-0.3, -0.25) is 9.59 Å². The predicted molar refractivity (Wildman–Crippen MR) is 81.2 cm³/mol. The normalized spacial score (nSPS) is 14.5. The van der Waals surface area contributed by atoms with Gasteiger partial charge in [-0.25, -0.2) is 0 Å². The van der Waals surface area contributed by atoms with Crippen LogP contribution in [0.1, 0.15) is 31.4 Å². The van der Waals surface area contributed by atoms with Crippen LogP contribution in [0.15, 0.2) is 18.2 Å². The van der Waals surface area contributed by atoms with E-state index >= 15 is 0 Å². The number of anilines is 1. The lowest BCUT2D eigenvalue weighted by Crippen LogP contribution is -2.33. The van der Waals surface area contributed by atoms with Crippen molar-refractivity contribution in [3.63, 3.8) is 0 Å². The van der Waals surface area contributed by atoms with Gasteiger partial charge in [0.2, 0.25) is 5.91 Å². The summed E-state index contributed by atoms with van der Waals surface area (Å²) >= 11 is 0. The monoisotopic (exact) mass is 290 g/mol. The molecule has 0 radical (unpaired) electrons. The lowest BCUT2D eigenvalue weighted by Gasteiger charge is -2.17. The number of benzene rings is 1. The van der Waals surface area contributed by atoms with Gasteiger partial charge in [-0.15, -0.1) is 0 Å². The van der Waals surface area contributed by atoms with E-state index in [-0.39, 0.29) is 17.9 Å². The summed E-state index contributed by atoms with van der Waals surface area (Å²) in [6, 6.07) is 6.03. The molecule has 0 bridgehead atoms. The number of amides is 1. The van der Waals surface area contributed by atoms with Crippen LogP contribution in [0.3, 0.4) is 0 Å². The van der Waals surface area contributed by atoms with Gasteiger partial charge in [0.15, 0.2) is 0 Å². The molecule has 0 aliphatic carbocycles. The molecule has 1 heterocycles. The predicted octanol–water partition coefficient (Wildman–Crippen LogP) is 1.65. The van der Waals surface area contributed by atoms with Gasteiger partial charge in [0.05, 0.1) is 19.4 Å². The van der Waals surface area contributed by atoms with Gasteiger partial charge in [0, 0.05) is 11.7 Å². The van der Waals surface area contributed by atoms with E-state index in [2.05, 4.69) is 10.6 Å². The van der Waals surface area contributed by atoms with Crippen molar-refractivity contribution in [1.82, 2.24) is 5.32 Å². The quantitative estimate of drug-likeness (QED) is 0.749. The van der Waals surface area contributed by atoms with E-state index < -0.39 is 0 Å². The highest BCUT2D eigenvalue weighted by Crippen LogP contribution is 2.24. The van der Waals surface area contributed by atoms with E-state index in [0.717, 1.165) is 29.8 Å². The highest BCUT2D eigenvalue weighted by Gasteiger charge is 2.19. The fourth-order valence-electron chi connectivity index (χ4n) is 2.62. The van der Waals surface area contributed by atoms with Crippen LogP contribution in [0.5, 0.6) is 0 Å². The maximum absolute atomic E-state index is 11.6. The summed E-state index contributed by atoms with van der Waals surface area (Å²) in [4.78, 5) is 23.0. The molecule has 1 aliphatic rings. The van der Waals surface area contributed by atoms with Crippen molar-refractivity contribution in [1.29, 1.82) is 0 Å². The summed E-state index contributed by atoms with van der Waals surface area (Å²) in [6.45, 7) is 5.04. The maximum atomic E-state index is 11.6. The molecule has 1 aromatic carbocycles. The minimum absolute atomic E-state index is 0.0388. The molecule has 1 atom stereocenters. The number of carbonyl (C=O) groups excluding carboxylic acids is 2. The molecule has 21 heavy (non-hydrogen) atoms. The highest BCUT2D eigenvalue weighted by molar-refractivity contribution is 5.99. The molecule has 0 spiro atoms. The van der Waals surface area contributed by atoms with Crippen molar-refractivity contribution in [2.75, 3.05) is 18.5 Å². The standard InChI is InChI=1S/C16H22N2O3/c1-3-17-13(10-16(20)21-4-2)8-11-5-6-14-12(7-11)9-15(19)18-14/h5-7,13,17H,3-4,8-10H2,1-2H3,(H,18,19). The number of ether oxygens (including phenoxy) is 1. The summed E-state index contributed by atoms with van der Waals surface area (Å²) in [5.41, 5.74) is 3.05. The van der Waals surface area contributed by atoms with Gasteiger partial charge in [0.25, 0.3) is 0 Å². The van der Waals surface area contributed by atoms with Gasteiger partial charge in [-0.1, -0.05) is 19.1 Å². The minimum atomic E-state index is -0.179. The van der Waals surface area contributed by atoms with E-state index in [4.69, 9.17) is 4.74 Å². The summed E-state index contributed by atoms with van der Waals surface area (Å²) in [5.74, 6) is -0.140. The molecule has 0 fully saturated rings. The first-order valence-electron chi connectivity index (χ1n) is 7.43. The zero-order chi connectivity index (χ0) is 15.2. The van der Waals surface area contributed by atoms with Crippen LogP contribution < -0.4 is 10.6 Å². The Kier molecular flexibility index (Phi) is 5.33. The van der Waals surface area contributed by atoms with Crippen molar-refractivity contribution < 1.29 is 14.3 Å². The molecule has 1 aliphatic heterocycles. The van der Waals surface area contributed by atoms with Crippen LogP contribution in [0.4, 0.5) is 5.69 Å². The summed E-state index contributed by atoms with van der Waals surface area (Å²) in [5, 5.41) is 6.14. The number of esters is 1. The van der Waals surface area contributed by atoms with Crippen LogP contribution in [0.2, 0.25) is 0 Å². The Labute approximate surface area is 125 Å². The number of hydrogen-bond acceptors (Lipinski definition) is 4. The van der Waals surface area contributed by atoms with Crippen LogP contribution >= 0.6 is 0 Å². The summed E-state index contributed by atoms with van der Waals surface area (Å²) in [6.07, 6.45) is 1.54. The molecular formula is C16H22N2O3. The largest absolute Gasteiger partial charge is 0.466 e. The number of hydrogen-bond donors (Lipinski definition) is 2. The van der Waals surface area contributed by atoms with Crippen LogP contribution in [0.25, 0.3) is 0 Å². The minimum Gasteiger partial charge on any atom is -0.466 e. The molecule has 5 nitrogen and oxygen atoms in total. The molecule has 2 N–H and O–H groups in total. The molecule has 1 aromatic rings. The van der Waals surface area contributed by atoms with Crippen molar-refractivity contribution in [3.05, 3.63) is 29.3 Å². The lowest BCUT2D eigenvalue weighted by molar-refractivity contribution is -0.143. The molecular weight excluding hydrogens is 268 g/mol. The molecule has 0 saturated carbocycles. The molecule has 5 heteroatoms. The Balaban J connectivity index is 2.01. The molecule has 2 rings (SSSR count). The van der Waals surface area contributed by atoms with Gasteiger partial charge >= 0.3 is 5.97 Å². The van der Waals surface area contributed by atoms with E-state index in [1.165, 1.54) is 0 Å². The van der Waals surface area contributed by atoms with Crippen LogP contribution in [-0.2, 0) is 27.2 Å². The fourth-order valence-corrected chi connectivity index (χ4v) is 2.62. The van der Waals surface area contributed by atoms with Gasteiger partial charge in [0.1, 0.15) is 0 Å². The Morgan fingerprint density at radius 3 is 2.95 bits per heavy atom. The lowest BCUT2D eigenvalue weighted by atomic mass is 10.00. The van der Waals surface area contributed by atoms with Gasteiger partial charge < -0.3 is 15.4 Å². The van der Waals surface area contributed by atoms with E-state index in [9.17, 15) is 9.59 Å².